The highest BCUT2D eigenvalue weighted by atomic mass is 79.9. The van der Waals surface area contributed by atoms with E-state index < -0.39 is 0 Å². The third-order valence-electron chi connectivity index (χ3n) is 5.39. The topological polar surface area (TPSA) is 33.1 Å². The average Bonchev–Trinajstić information content (AvgIpc) is 3.17. The Hall–Kier alpha value is -2.18. The Bertz CT molecular complexity index is 1010. The molecule has 0 aliphatic carbocycles. The van der Waals surface area contributed by atoms with Crippen molar-refractivity contribution in [3.8, 4) is 5.69 Å². The lowest BCUT2D eigenvalue weighted by Crippen LogP contribution is -2.29. The molecule has 4 rings (SSSR count). The van der Waals surface area contributed by atoms with Crippen molar-refractivity contribution < 1.29 is 0 Å². The molecule has 3 heterocycles. The molecule has 3 aromatic rings. The fraction of sp³-hybridized carbons (Fsp3) is 0.273. The Kier molecular flexibility index (Phi) is 5.25. The quantitative estimate of drug-likeness (QED) is 0.546. The monoisotopic (exact) mass is 454 g/mol. The molecule has 0 bridgehead atoms. The minimum atomic E-state index is 0.0325. The number of likely N-dealkylation sites (N-methyl/N-ethyl adjacent to an activating group) is 1. The number of halogens is 1. The summed E-state index contributed by atoms with van der Waals surface area (Å²) in [6.45, 7) is 7.34. The maximum atomic E-state index is 5.66. The summed E-state index contributed by atoms with van der Waals surface area (Å²) in [5.74, 6) is 0. The second-order valence-corrected chi connectivity index (χ2v) is 8.36. The highest BCUT2D eigenvalue weighted by Crippen LogP contribution is 2.41. The Morgan fingerprint density at radius 2 is 1.96 bits per heavy atom. The average molecular weight is 455 g/mol. The van der Waals surface area contributed by atoms with Gasteiger partial charge >= 0.3 is 0 Å². The number of benzene rings is 1. The predicted octanol–water partition coefficient (Wildman–Crippen LogP) is 5.24. The summed E-state index contributed by atoms with van der Waals surface area (Å²) < 4.78 is 3.38. The van der Waals surface area contributed by atoms with Gasteiger partial charge in [0.05, 0.1) is 17.8 Å². The van der Waals surface area contributed by atoms with Crippen molar-refractivity contribution >= 4 is 33.3 Å². The molecule has 0 amide bonds. The van der Waals surface area contributed by atoms with Crippen LogP contribution in [0.1, 0.15) is 41.7 Å². The van der Waals surface area contributed by atoms with E-state index in [9.17, 15) is 0 Å². The fourth-order valence-electron chi connectivity index (χ4n) is 4.18. The molecule has 1 N–H and O–H groups in total. The van der Waals surface area contributed by atoms with Crippen LogP contribution in [0.15, 0.2) is 59.2 Å². The molecule has 144 valence electrons. The summed E-state index contributed by atoms with van der Waals surface area (Å²) >= 11 is 9.25. The molecule has 1 fully saturated rings. The molecule has 1 aromatic carbocycles. The minimum Gasteiger partial charge on any atom is -0.352 e. The lowest BCUT2D eigenvalue weighted by atomic mass is 9.97. The Balaban J connectivity index is 1.84. The molecule has 4 nitrogen and oxygen atoms in total. The highest BCUT2D eigenvalue weighted by Gasteiger charge is 2.40. The number of nitrogens with one attached hydrogen (secondary N) is 1. The van der Waals surface area contributed by atoms with E-state index in [0.29, 0.717) is 0 Å². The van der Waals surface area contributed by atoms with Crippen molar-refractivity contribution in [2.75, 3.05) is 6.54 Å². The number of hydrogen-bond donors (Lipinski definition) is 1. The molecular formula is C22H23BrN4S. The summed E-state index contributed by atoms with van der Waals surface area (Å²) in [5, 5.41) is 4.29. The van der Waals surface area contributed by atoms with E-state index in [1.165, 1.54) is 17.0 Å². The first-order valence-corrected chi connectivity index (χ1v) is 10.6. The number of pyridine rings is 1. The molecule has 0 saturated carbocycles. The van der Waals surface area contributed by atoms with Gasteiger partial charge in [-0.05, 0) is 75.0 Å². The van der Waals surface area contributed by atoms with Crippen LogP contribution in [0.2, 0.25) is 0 Å². The van der Waals surface area contributed by atoms with E-state index in [2.05, 4.69) is 86.8 Å². The van der Waals surface area contributed by atoms with Gasteiger partial charge in [0.2, 0.25) is 0 Å². The van der Waals surface area contributed by atoms with E-state index >= 15 is 0 Å². The van der Waals surface area contributed by atoms with E-state index in [1.54, 1.807) is 0 Å². The number of thiocarbonyl (C=S) groups is 1. The van der Waals surface area contributed by atoms with Crippen molar-refractivity contribution in [3.05, 3.63) is 81.8 Å². The van der Waals surface area contributed by atoms with E-state index in [1.807, 2.05) is 24.4 Å². The minimum absolute atomic E-state index is 0.0325. The largest absolute Gasteiger partial charge is 0.352 e. The van der Waals surface area contributed by atoms with E-state index in [0.717, 1.165) is 27.5 Å². The van der Waals surface area contributed by atoms with Crippen LogP contribution >= 0.6 is 28.1 Å². The number of rotatable bonds is 4. The van der Waals surface area contributed by atoms with Crippen LogP contribution < -0.4 is 5.32 Å². The lowest BCUT2D eigenvalue weighted by molar-refractivity contribution is 0.329. The van der Waals surface area contributed by atoms with E-state index in [-0.39, 0.29) is 12.1 Å². The third kappa shape index (κ3) is 3.25. The first-order valence-electron chi connectivity index (χ1n) is 9.44. The van der Waals surface area contributed by atoms with Crippen LogP contribution in [0.4, 0.5) is 0 Å². The van der Waals surface area contributed by atoms with Gasteiger partial charge in [-0.15, -0.1) is 0 Å². The Morgan fingerprint density at radius 1 is 1.14 bits per heavy atom. The Labute approximate surface area is 179 Å². The summed E-state index contributed by atoms with van der Waals surface area (Å²) in [5.41, 5.74) is 5.88. The maximum absolute atomic E-state index is 5.66. The van der Waals surface area contributed by atoms with Crippen molar-refractivity contribution in [2.45, 2.75) is 32.9 Å². The molecule has 0 spiro atoms. The second-order valence-electron chi connectivity index (χ2n) is 7.05. The first kappa shape index (κ1) is 19.2. The summed E-state index contributed by atoms with van der Waals surface area (Å²) in [7, 11) is 0. The molecule has 2 atom stereocenters. The molecule has 1 aliphatic rings. The molecule has 1 aliphatic heterocycles. The van der Waals surface area contributed by atoms with Crippen LogP contribution in [-0.2, 0) is 0 Å². The first-order chi connectivity index (χ1) is 13.5. The van der Waals surface area contributed by atoms with Gasteiger partial charge in [0, 0.05) is 34.3 Å². The van der Waals surface area contributed by atoms with Gasteiger partial charge in [-0.2, -0.15) is 0 Å². The second kappa shape index (κ2) is 7.68. The van der Waals surface area contributed by atoms with Gasteiger partial charge in [-0.25, -0.2) is 0 Å². The zero-order valence-electron chi connectivity index (χ0n) is 16.2. The molecular weight excluding hydrogens is 432 g/mol. The molecule has 0 radical (unpaired) electrons. The molecule has 2 aromatic heterocycles. The fourth-order valence-corrected chi connectivity index (χ4v) is 4.94. The van der Waals surface area contributed by atoms with Gasteiger partial charge in [0.1, 0.15) is 0 Å². The van der Waals surface area contributed by atoms with Crippen LogP contribution in [0.25, 0.3) is 5.69 Å². The zero-order chi connectivity index (χ0) is 19.8. The van der Waals surface area contributed by atoms with Crippen molar-refractivity contribution in [2.24, 2.45) is 0 Å². The normalized spacial score (nSPS) is 19.1. The maximum Gasteiger partial charge on any atom is 0.170 e. The van der Waals surface area contributed by atoms with Gasteiger partial charge < -0.3 is 14.8 Å². The van der Waals surface area contributed by atoms with Gasteiger partial charge in [0.15, 0.2) is 5.11 Å². The van der Waals surface area contributed by atoms with E-state index in [4.69, 9.17) is 12.2 Å². The van der Waals surface area contributed by atoms with Crippen molar-refractivity contribution in [1.82, 2.24) is 19.8 Å². The third-order valence-corrected chi connectivity index (χ3v) is 6.24. The highest BCUT2D eigenvalue weighted by molar-refractivity contribution is 9.10. The number of aromatic nitrogens is 2. The Morgan fingerprint density at radius 3 is 2.64 bits per heavy atom. The summed E-state index contributed by atoms with van der Waals surface area (Å²) in [6, 6.07) is 16.9. The summed E-state index contributed by atoms with van der Waals surface area (Å²) in [4.78, 5) is 6.87. The van der Waals surface area contributed by atoms with Crippen molar-refractivity contribution in [1.29, 1.82) is 0 Å². The molecule has 6 heteroatoms. The number of nitrogens with zero attached hydrogens (tertiary/aromatic N) is 3. The van der Waals surface area contributed by atoms with Crippen LogP contribution in [0.3, 0.4) is 0 Å². The molecule has 1 saturated heterocycles. The van der Waals surface area contributed by atoms with Crippen LogP contribution in [0, 0.1) is 13.8 Å². The summed E-state index contributed by atoms with van der Waals surface area (Å²) in [6.07, 6.45) is 1.84. The SMILES string of the molecule is CCN1C(=S)N[C@H](c2ccccn2)[C@@H]1c1cc(C)n(-c2cccc(Br)c2)c1C. The van der Waals surface area contributed by atoms with Gasteiger partial charge in [-0.1, -0.05) is 28.1 Å². The molecule has 28 heavy (non-hydrogen) atoms. The molecule has 0 unspecified atom stereocenters. The standard InChI is InChI=1S/C22H23BrN4S/c1-4-26-21(20(25-22(26)28)19-10-5-6-11-24-19)18-12-14(2)27(15(18)3)17-9-7-8-16(23)13-17/h5-13,20-21H,4H2,1-3H3,(H,25,28)/t20-,21+/m1/s1. The van der Waals surface area contributed by atoms with Crippen LogP contribution in [-0.4, -0.2) is 26.1 Å². The smallest absolute Gasteiger partial charge is 0.170 e. The number of hydrogen-bond acceptors (Lipinski definition) is 2. The van der Waals surface area contributed by atoms with Gasteiger partial charge in [0.25, 0.3) is 0 Å². The van der Waals surface area contributed by atoms with Gasteiger partial charge in [-0.3, -0.25) is 4.98 Å². The van der Waals surface area contributed by atoms with Crippen molar-refractivity contribution in [3.63, 3.8) is 0 Å². The predicted molar refractivity (Wildman–Crippen MR) is 121 cm³/mol. The van der Waals surface area contributed by atoms with Crippen LogP contribution in [0.5, 0.6) is 0 Å². The zero-order valence-corrected chi connectivity index (χ0v) is 18.6. The lowest BCUT2D eigenvalue weighted by Gasteiger charge is -2.27. The number of aryl methyl sites for hydroxylation is 1.